The maximum absolute atomic E-state index is 12.9. The fourth-order valence-corrected chi connectivity index (χ4v) is 3.71. The number of rotatable bonds is 7. The third-order valence-corrected chi connectivity index (χ3v) is 5.20. The van der Waals surface area contributed by atoms with E-state index in [1.165, 1.54) is 6.07 Å². The van der Waals surface area contributed by atoms with Gasteiger partial charge in [-0.25, -0.2) is 4.98 Å². The average molecular weight is 410 g/mol. The van der Waals surface area contributed by atoms with Gasteiger partial charge in [0.25, 0.3) is 0 Å². The molecule has 1 aliphatic rings. The minimum absolute atomic E-state index is 0.229. The molecule has 1 aliphatic carbocycles. The van der Waals surface area contributed by atoms with Crippen molar-refractivity contribution < 1.29 is 28.1 Å². The molecule has 158 valence electrons. The fourth-order valence-electron chi connectivity index (χ4n) is 3.71. The molecule has 2 unspecified atom stereocenters. The van der Waals surface area contributed by atoms with E-state index in [1.807, 2.05) is 19.1 Å². The van der Waals surface area contributed by atoms with Crippen LogP contribution < -0.4 is 10.1 Å². The van der Waals surface area contributed by atoms with Crippen molar-refractivity contribution in [2.75, 3.05) is 13.2 Å². The van der Waals surface area contributed by atoms with Gasteiger partial charge >= 0.3 is 6.18 Å². The number of aryl methyl sites for hydroxylation is 1. The van der Waals surface area contributed by atoms with E-state index in [0.717, 1.165) is 17.8 Å². The van der Waals surface area contributed by atoms with Crippen molar-refractivity contribution in [2.24, 2.45) is 5.41 Å². The second-order valence-electron chi connectivity index (χ2n) is 7.75. The van der Waals surface area contributed by atoms with Gasteiger partial charge in [-0.15, -0.1) is 0 Å². The monoisotopic (exact) mass is 410 g/mol. The second kappa shape index (κ2) is 8.69. The number of aromatic nitrogens is 1. The Balaban J connectivity index is 1.64. The van der Waals surface area contributed by atoms with Gasteiger partial charge in [0.15, 0.2) is 0 Å². The Kier molecular flexibility index (Phi) is 6.45. The first-order valence-electron chi connectivity index (χ1n) is 9.46. The number of pyridine rings is 1. The lowest BCUT2D eigenvalue weighted by molar-refractivity contribution is -0.137. The van der Waals surface area contributed by atoms with Crippen molar-refractivity contribution in [3.8, 4) is 5.88 Å². The number of hydrogen-bond acceptors (Lipinski definition) is 5. The van der Waals surface area contributed by atoms with Crippen LogP contribution in [0.25, 0.3) is 0 Å². The highest BCUT2D eigenvalue weighted by atomic mass is 19.4. The molecule has 5 nitrogen and oxygen atoms in total. The van der Waals surface area contributed by atoms with E-state index in [9.17, 15) is 23.4 Å². The van der Waals surface area contributed by atoms with Gasteiger partial charge in [0.1, 0.15) is 0 Å². The van der Waals surface area contributed by atoms with Crippen LogP contribution in [0, 0.1) is 12.3 Å². The van der Waals surface area contributed by atoms with Gasteiger partial charge in [-0.3, -0.25) is 0 Å². The highest BCUT2D eigenvalue weighted by Crippen LogP contribution is 2.38. The molecule has 0 spiro atoms. The van der Waals surface area contributed by atoms with E-state index in [1.54, 1.807) is 12.1 Å². The molecule has 1 heterocycles. The number of nitrogens with zero attached hydrogens (tertiary/aromatic N) is 1. The smallest absolute Gasteiger partial charge is 0.416 e. The number of aliphatic hydroxyl groups excluding tert-OH is 2. The van der Waals surface area contributed by atoms with Crippen molar-refractivity contribution >= 4 is 0 Å². The Hall–Kier alpha value is -2.16. The first kappa shape index (κ1) is 21.5. The number of halogens is 3. The van der Waals surface area contributed by atoms with E-state index in [4.69, 9.17) is 4.74 Å². The van der Waals surface area contributed by atoms with Crippen LogP contribution in [0.15, 0.2) is 42.5 Å². The van der Waals surface area contributed by atoms with E-state index in [0.29, 0.717) is 30.8 Å². The summed E-state index contributed by atoms with van der Waals surface area (Å²) in [6, 6.07) is 10.6. The van der Waals surface area contributed by atoms with E-state index in [2.05, 4.69) is 10.3 Å². The molecule has 1 fully saturated rings. The van der Waals surface area contributed by atoms with Gasteiger partial charge in [0.2, 0.25) is 5.88 Å². The van der Waals surface area contributed by atoms with Crippen molar-refractivity contribution in [2.45, 2.75) is 44.7 Å². The van der Waals surface area contributed by atoms with Crippen molar-refractivity contribution in [1.82, 2.24) is 10.3 Å². The van der Waals surface area contributed by atoms with Crippen LogP contribution in [0.5, 0.6) is 5.88 Å². The molecule has 2 atom stereocenters. The van der Waals surface area contributed by atoms with Gasteiger partial charge in [0, 0.05) is 30.3 Å². The Bertz CT molecular complexity index is 819. The second-order valence-corrected chi connectivity index (χ2v) is 7.75. The molecule has 8 heteroatoms. The van der Waals surface area contributed by atoms with Gasteiger partial charge < -0.3 is 20.3 Å². The minimum atomic E-state index is -4.38. The highest BCUT2D eigenvalue weighted by molar-refractivity contribution is 5.25. The van der Waals surface area contributed by atoms with Gasteiger partial charge in [-0.2, -0.15) is 13.2 Å². The minimum Gasteiger partial charge on any atom is -0.477 e. The van der Waals surface area contributed by atoms with Gasteiger partial charge in [-0.1, -0.05) is 24.3 Å². The van der Waals surface area contributed by atoms with Crippen molar-refractivity contribution in [1.29, 1.82) is 0 Å². The molecule has 0 radical (unpaired) electrons. The zero-order valence-corrected chi connectivity index (χ0v) is 16.1. The molecule has 1 aromatic heterocycles. The third-order valence-electron chi connectivity index (χ3n) is 5.20. The zero-order chi connectivity index (χ0) is 21.1. The number of aliphatic hydroxyl groups is 2. The molecule has 0 saturated heterocycles. The lowest BCUT2D eigenvalue weighted by Crippen LogP contribution is -2.38. The normalized spacial score (nSPS) is 24.6. The Morgan fingerprint density at radius 2 is 1.83 bits per heavy atom. The van der Waals surface area contributed by atoms with E-state index < -0.39 is 29.4 Å². The van der Waals surface area contributed by atoms with Crippen LogP contribution in [0.1, 0.15) is 29.7 Å². The zero-order valence-electron chi connectivity index (χ0n) is 16.1. The molecule has 1 aromatic carbocycles. The van der Waals surface area contributed by atoms with Crippen LogP contribution in [-0.4, -0.2) is 40.6 Å². The Morgan fingerprint density at radius 1 is 1.14 bits per heavy atom. The summed E-state index contributed by atoms with van der Waals surface area (Å²) in [6.45, 7) is 2.69. The number of hydrogen-bond donors (Lipinski definition) is 3. The summed E-state index contributed by atoms with van der Waals surface area (Å²) in [5, 5.41) is 23.2. The summed E-state index contributed by atoms with van der Waals surface area (Å²) < 4.78 is 44.4. The van der Waals surface area contributed by atoms with Crippen LogP contribution in [-0.2, 0) is 12.7 Å². The SMILES string of the molecule is Cc1cccc(OCC2(CNCc3cccc(C(F)(F)F)c3)CC(O)C(O)C2)n1. The van der Waals surface area contributed by atoms with Crippen molar-refractivity contribution in [3.63, 3.8) is 0 Å². The predicted molar refractivity (Wildman–Crippen MR) is 101 cm³/mol. The molecule has 2 aromatic rings. The average Bonchev–Trinajstić information content (AvgIpc) is 2.94. The molecular weight excluding hydrogens is 385 g/mol. The van der Waals surface area contributed by atoms with Crippen LogP contribution in [0.3, 0.4) is 0 Å². The number of ether oxygens (including phenoxy) is 1. The molecule has 29 heavy (non-hydrogen) atoms. The lowest BCUT2D eigenvalue weighted by atomic mass is 9.86. The van der Waals surface area contributed by atoms with Crippen LogP contribution in [0.2, 0.25) is 0 Å². The fraction of sp³-hybridized carbons (Fsp3) is 0.476. The molecule has 0 amide bonds. The maximum Gasteiger partial charge on any atom is 0.416 e. The van der Waals surface area contributed by atoms with Crippen molar-refractivity contribution in [3.05, 3.63) is 59.3 Å². The molecule has 0 aliphatic heterocycles. The standard InChI is InChI=1S/C21H25F3N2O3/c1-14-4-2-7-19(26-14)29-13-20(9-17(27)18(28)10-20)12-25-11-15-5-3-6-16(8-15)21(22,23)24/h2-8,17-18,25,27-28H,9-13H2,1H3. The number of nitrogens with one attached hydrogen (secondary N) is 1. The molecule has 0 bridgehead atoms. The number of benzene rings is 1. The first-order valence-corrected chi connectivity index (χ1v) is 9.46. The number of alkyl halides is 3. The molecule has 3 N–H and O–H groups in total. The summed E-state index contributed by atoms with van der Waals surface area (Å²) in [7, 11) is 0. The Morgan fingerprint density at radius 3 is 2.48 bits per heavy atom. The van der Waals surface area contributed by atoms with Crippen LogP contribution in [0.4, 0.5) is 13.2 Å². The lowest BCUT2D eigenvalue weighted by Gasteiger charge is -2.29. The van der Waals surface area contributed by atoms with Gasteiger partial charge in [-0.05, 0) is 37.5 Å². The largest absolute Gasteiger partial charge is 0.477 e. The third kappa shape index (κ3) is 5.68. The predicted octanol–water partition coefficient (Wildman–Crippen LogP) is 3.08. The summed E-state index contributed by atoms with van der Waals surface area (Å²) in [6.07, 6.45) is -5.45. The first-order chi connectivity index (χ1) is 13.7. The Labute approximate surface area is 167 Å². The van der Waals surface area contributed by atoms with Gasteiger partial charge in [0.05, 0.1) is 24.4 Å². The molecule has 3 rings (SSSR count). The van der Waals surface area contributed by atoms with E-state index in [-0.39, 0.29) is 13.2 Å². The summed E-state index contributed by atoms with van der Waals surface area (Å²) in [5.41, 5.74) is 0.0828. The quantitative estimate of drug-likeness (QED) is 0.654. The van der Waals surface area contributed by atoms with E-state index >= 15 is 0 Å². The summed E-state index contributed by atoms with van der Waals surface area (Å²) in [4.78, 5) is 4.29. The maximum atomic E-state index is 12.9. The highest BCUT2D eigenvalue weighted by Gasteiger charge is 2.44. The molecule has 1 saturated carbocycles. The topological polar surface area (TPSA) is 74.6 Å². The van der Waals surface area contributed by atoms with Crippen LogP contribution >= 0.6 is 0 Å². The summed E-state index contributed by atoms with van der Waals surface area (Å²) >= 11 is 0. The molecular formula is C21H25F3N2O3. The summed E-state index contributed by atoms with van der Waals surface area (Å²) in [5.74, 6) is 0.457.